The van der Waals surface area contributed by atoms with Crippen molar-refractivity contribution in [3.63, 3.8) is 0 Å². The van der Waals surface area contributed by atoms with Crippen LogP contribution >= 0.6 is 15.9 Å². The molecular formula is C15H22BrN. The molecule has 0 radical (unpaired) electrons. The molecule has 17 heavy (non-hydrogen) atoms. The molecule has 94 valence electrons. The van der Waals surface area contributed by atoms with Gasteiger partial charge in [-0.3, -0.25) is 0 Å². The maximum absolute atomic E-state index is 3.75. The maximum Gasteiger partial charge on any atom is 0.0440 e. The summed E-state index contributed by atoms with van der Waals surface area (Å²) in [5.74, 6) is 0. The van der Waals surface area contributed by atoms with E-state index in [0.29, 0.717) is 5.41 Å². The van der Waals surface area contributed by atoms with Gasteiger partial charge in [-0.15, -0.1) is 0 Å². The highest BCUT2D eigenvalue weighted by atomic mass is 79.9. The molecule has 1 nitrogen and oxygen atoms in total. The van der Waals surface area contributed by atoms with Crippen LogP contribution in [-0.4, -0.2) is 6.54 Å². The van der Waals surface area contributed by atoms with Gasteiger partial charge in [-0.1, -0.05) is 48.8 Å². The van der Waals surface area contributed by atoms with Gasteiger partial charge in [0.15, 0.2) is 0 Å². The van der Waals surface area contributed by atoms with Gasteiger partial charge in [-0.25, -0.2) is 0 Å². The van der Waals surface area contributed by atoms with Crippen LogP contribution in [0, 0.1) is 5.41 Å². The molecule has 1 heterocycles. The first-order valence-corrected chi connectivity index (χ1v) is 7.22. The van der Waals surface area contributed by atoms with Crippen LogP contribution in [0.25, 0.3) is 0 Å². The summed E-state index contributed by atoms with van der Waals surface area (Å²) in [4.78, 5) is 0. The molecule has 2 rings (SSSR count). The molecule has 1 aliphatic heterocycles. The summed E-state index contributed by atoms with van der Waals surface area (Å²) in [7, 11) is 0. The highest BCUT2D eigenvalue weighted by Gasteiger charge is 2.38. The first kappa shape index (κ1) is 13.1. The van der Waals surface area contributed by atoms with E-state index in [1.54, 1.807) is 0 Å². The topological polar surface area (TPSA) is 12.0 Å². The molecule has 1 unspecified atom stereocenters. The van der Waals surface area contributed by atoms with E-state index in [1.807, 2.05) is 0 Å². The molecule has 1 saturated heterocycles. The van der Waals surface area contributed by atoms with Crippen molar-refractivity contribution in [3.8, 4) is 0 Å². The van der Waals surface area contributed by atoms with Crippen LogP contribution in [0.1, 0.15) is 45.6 Å². The lowest BCUT2D eigenvalue weighted by Crippen LogP contribution is -2.40. The highest BCUT2D eigenvalue weighted by Crippen LogP contribution is 2.41. The third-order valence-electron chi connectivity index (χ3n) is 3.45. The average Bonchev–Trinajstić information content (AvgIpc) is 2.65. The SMILES string of the molecule is CC(C)(C)CC1(c2cccc(Br)c2)CCCN1. The van der Waals surface area contributed by atoms with Gasteiger partial charge in [0.25, 0.3) is 0 Å². The van der Waals surface area contributed by atoms with E-state index < -0.39 is 0 Å². The van der Waals surface area contributed by atoms with Gasteiger partial charge in [0.2, 0.25) is 0 Å². The van der Waals surface area contributed by atoms with Crippen molar-refractivity contribution in [1.29, 1.82) is 0 Å². The van der Waals surface area contributed by atoms with E-state index in [9.17, 15) is 0 Å². The Kier molecular flexibility index (Phi) is 3.65. The number of hydrogen-bond donors (Lipinski definition) is 1. The monoisotopic (exact) mass is 295 g/mol. The lowest BCUT2D eigenvalue weighted by Gasteiger charge is -2.36. The summed E-state index contributed by atoms with van der Waals surface area (Å²) in [5, 5.41) is 3.75. The van der Waals surface area contributed by atoms with E-state index >= 15 is 0 Å². The van der Waals surface area contributed by atoms with E-state index in [4.69, 9.17) is 0 Å². The van der Waals surface area contributed by atoms with E-state index in [-0.39, 0.29) is 5.54 Å². The Morgan fingerprint density at radius 1 is 1.35 bits per heavy atom. The molecule has 2 heteroatoms. The molecule has 0 saturated carbocycles. The zero-order valence-corrected chi connectivity index (χ0v) is 12.6. The third kappa shape index (κ3) is 3.11. The summed E-state index contributed by atoms with van der Waals surface area (Å²) in [6.07, 6.45) is 3.72. The van der Waals surface area contributed by atoms with Gasteiger partial charge in [-0.2, -0.15) is 0 Å². The molecule has 0 bridgehead atoms. The van der Waals surface area contributed by atoms with Crippen molar-refractivity contribution in [3.05, 3.63) is 34.3 Å². The molecule has 1 aliphatic rings. The van der Waals surface area contributed by atoms with Gasteiger partial charge in [0.05, 0.1) is 0 Å². The van der Waals surface area contributed by atoms with Gasteiger partial charge in [-0.05, 0) is 48.9 Å². The minimum absolute atomic E-state index is 0.183. The minimum Gasteiger partial charge on any atom is -0.307 e. The first-order valence-electron chi connectivity index (χ1n) is 6.42. The number of benzene rings is 1. The summed E-state index contributed by atoms with van der Waals surface area (Å²) < 4.78 is 1.18. The summed E-state index contributed by atoms with van der Waals surface area (Å²) in [6.45, 7) is 8.12. The van der Waals surface area contributed by atoms with Crippen molar-refractivity contribution in [1.82, 2.24) is 5.32 Å². The summed E-state index contributed by atoms with van der Waals surface area (Å²) >= 11 is 3.59. The van der Waals surface area contributed by atoms with Crippen LogP contribution in [0.5, 0.6) is 0 Å². The zero-order valence-electron chi connectivity index (χ0n) is 11.0. The Balaban J connectivity index is 2.34. The maximum atomic E-state index is 3.75. The number of rotatable bonds is 2. The Hall–Kier alpha value is -0.340. The number of nitrogens with one attached hydrogen (secondary N) is 1. The Labute approximate surface area is 113 Å². The van der Waals surface area contributed by atoms with Crippen LogP contribution in [0.3, 0.4) is 0 Å². The van der Waals surface area contributed by atoms with Crippen LogP contribution in [0.15, 0.2) is 28.7 Å². The van der Waals surface area contributed by atoms with Gasteiger partial charge in [0, 0.05) is 10.0 Å². The summed E-state index contributed by atoms with van der Waals surface area (Å²) in [5.41, 5.74) is 1.96. The largest absolute Gasteiger partial charge is 0.307 e. The molecule has 0 spiro atoms. The molecule has 1 aromatic carbocycles. The second kappa shape index (κ2) is 4.74. The third-order valence-corrected chi connectivity index (χ3v) is 3.95. The fraction of sp³-hybridized carbons (Fsp3) is 0.600. The molecule has 0 aromatic heterocycles. The normalized spacial score (nSPS) is 25.2. The second-order valence-corrected chi connectivity index (χ2v) is 7.28. The molecule has 0 amide bonds. The predicted octanol–water partition coefficient (Wildman–Crippen LogP) is 4.46. The number of halogens is 1. The van der Waals surface area contributed by atoms with E-state index in [2.05, 4.69) is 66.3 Å². The number of hydrogen-bond acceptors (Lipinski definition) is 1. The smallest absolute Gasteiger partial charge is 0.0440 e. The Morgan fingerprint density at radius 2 is 2.12 bits per heavy atom. The molecule has 0 aliphatic carbocycles. The van der Waals surface area contributed by atoms with Crippen molar-refractivity contribution in [2.45, 2.75) is 45.6 Å². The van der Waals surface area contributed by atoms with Gasteiger partial charge >= 0.3 is 0 Å². The van der Waals surface area contributed by atoms with Crippen LogP contribution in [0.2, 0.25) is 0 Å². The molecular weight excluding hydrogens is 274 g/mol. The molecule has 1 N–H and O–H groups in total. The fourth-order valence-electron chi connectivity index (χ4n) is 3.00. The predicted molar refractivity (Wildman–Crippen MR) is 77.1 cm³/mol. The zero-order chi connectivity index (χ0) is 12.5. The average molecular weight is 296 g/mol. The lowest BCUT2D eigenvalue weighted by molar-refractivity contribution is 0.232. The van der Waals surface area contributed by atoms with Crippen molar-refractivity contribution < 1.29 is 0 Å². The molecule has 1 atom stereocenters. The van der Waals surface area contributed by atoms with Crippen LogP contribution in [-0.2, 0) is 5.54 Å². The van der Waals surface area contributed by atoms with E-state index in [0.717, 1.165) is 6.54 Å². The van der Waals surface area contributed by atoms with E-state index in [1.165, 1.54) is 29.3 Å². The highest BCUT2D eigenvalue weighted by molar-refractivity contribution is 9.10. The second-order valence-electron chi connectivity index (χ2n) is 6.36. The van der Waals surface area contributed by atoms with Crippen molar-refractivity contribution in [2.24, 2.45) is 5.41 Å². The van der Waals surface area contributed by atoms with Crippen molar-refractivity contribution in [2.75, 3.05) is 6.54 Å². The fourth-order valence-corrected chi connectivity index (χ4v) is 3.40. The molecule has 1 fully saturated rings. The quantitative estimate of drug-likeness (QED) is 0.849. The summed E-state index contributed by atoms with van der Waals surface area (Å²) in [6, 6.07) is 8.77. The minimum atomic E-state index is 0.183. The van der Waals surface area contributed by atoms with Crippen LogP contribution < -0.4 is 5.32 Å². The molecule has 1 aromatic rings. The van der Waals surface area contributed by atoms with Gasteiger partial charge < -0.3 is 5.32 Å². The lowest BCUT2D eigenvalue weighted by atomic mass is 9.75. The standard InChI is InChI=1S/C15H22BrN/c1-14(2,3)11-15(8-5-9-17-15)12-6-4-7-13(16)10-12/h4,6-7,10,17H,5,8-9,11H2,1-3H3. The first-order chi connectivity index (χ1) is 7.91. The van der Waals surface area contributed by atoms with Gasteiger partial charge in [0.1, 0.15) is 0 Å². The van der Waals surface area contributed by atoms with Crippen LogP contribution in [0.4, 0.5) is 0 Å². The Bertz CT molecular complexity index is 386. The Morgan fingerprint density at radius 3 is 2.65 bits per heavy atom. The van der Waals surface area contributed by atoms with Crippen molar-refractivity contribution >= 4 is 15.9 Å².